The minimum Gasteiger partial charge on any atom is -0.481 e. The molecule has 1 aromatic carbocycles. The number of primary amides is 1. The number of nitrogens with two attached hydrogens (primary N) is 2. The van der Waals surface area contributed by atoms with Gasteiger partial charge in [0.1, 0.15) is 12.1 Å². The van der Waals surface area contributed by atoms with E-state index < -0.39 is 66.7 Å². The largest absolute Gasteiger partial charge is 0.481 e. The van der Waals surface area contributed by atoms with Crippen molar-refractivity contribution in [3.63, 3.8) is 0 Å². The Balaban J connectivity index is 2.70. The highest BCUT2D eigenvalue weighted by Crippen LogP contribution is 2.04. The second-order valence-electron chi connectivity index (χ2n) is 7.14. The van der Waals surface area contributed by atoms with Gasteiger partial charge in [-0.1, -0.05) is 30.3 Å². The van der Waals surface area contributed by atoms with Crippen LogP contribution in [-0.2, 0) is 35.2 Å². The monoisotopic (exact) mass is 465 g/mol. The third-order valence-electron chi connectivity index (χ3n) is 4.38. The van der Waals surface area contributed by atoms with Crippen molar-refractivity contribution in [2.45, 2.75) is 43.8 Å². The predicted molar refractivity (Wildman–Crippen MR) is 113 cm³/mol. The number of hydrogen-bond acceptors (Lipinski definition) is 7. The summed E-state index contributed by atoms with van der Waals surface area (Å²) >= 11 is 0. The summed E-state index contributed by atoms with van der Waals surface area (Å²) in [6.07, 6.45) is -1.06. The van der Waals surface area contributed by atoms with E-state index in [1.807, 2.05) is 5.32 Å². The average Bonchev–Trinajstić information content (AvgIpc) is 2.74. The molecule has 0 saturated carbocycles. The quantitative estimate of drug-likeness (QED) is 0.153. The van der Waals surface area contributed by atoms with Crippen LogP contribution in [0.25, 0.3) is 0 Å². The molecule has 3 unspecified atom stereocenters. The first kappa shape index (κ1) is 27.0. The van der Waals surface area contributed by atoms with Crippen LogP contribution in [0.3, 0.4) is 0 Å². The van der Waals surface area contributed by atoms with Crippen molar-refractivity contribution in [2.24, 2.45) is 11.5 Å². The van der Waals surface area contributed by atoms with Crippen molar-refractivity contribution >= 4 is 35.6 Å². The minimum atomic E-state index is -1.69. The van der Waals surface area contributed by atoms with Gasteiger partial charge in [-0.05, 0) is 18.4 Å². The number of hydrogen-bond donors (Lipinski definition) is 7. The highest BCUT2D eigenvalue weighted by molar-refractivity contribution is 5.93. The number of amides is 4. The molecule has 3 atom stereocenters. The normalized spacial score (nSPS) is 13.1. The van der Waals surface area contributed by atoms with Gasteiger partial charge in [0.05, 0.1) is 19.0 Å². The summed E-state index contributed by atoms with van der Waals surface area (Å²) in [7, 11) is 0. The summed E-state index contributed by atoms with van der Waals surface area (Å²) in [5.74, 6) is -6.18. The van der Waals surface area contributed by atoms with Crippen molar-refractivity contribution < 1.29 is 39.0 Å². The fourth-order valence-electron chi connectivity index (χ4n) is 2.71. The standard InChI is InChI=1S/C20H27N5O8/c21-12(8-11-4-2-1-3-5-11)18(30)25-13(6-7-15(22)26)19(31)23-10-16(27)24-14(20(32)33)9-17(28)29/h1-5,12-14H,6-10,21H2,(H2,22,26)(H,23,31)(H,24,27)(H,25,30)(H,28,29)(H,32,33). The van der Waals surface area contributed by atoms with Crippen molar-refractivity contribution in [1.82, 2.24) is 16.0 Å². The van der Waals surface area contributed by atoms with Crippen LogP contribution in [0.15, 0.2) is 30.3 Å². The van der Waals surface area contributed by atoms with E-state index in [4.69, 9.17) is 21.7 Å². The van der Waals surface area contributed by atoms with Crippen LogP contribution < -0.4 is 27.4 Å². The van der Waals surface area contributed by atoms with E-state index in [9.17, 15) is 28.8 Å². The smallest absolute Gasteiger partial charge is 0.326 e. The second-order valence-corrected chi connectivity index (χ2v) is 7.14. The molecule has 1 rings (SSSR count). The zero-order valence-corrected chi connectivity index (χ0v) is 17.7. The molecule has 0 radical (unpaired) electrons. The SMILES string of the molecule is NC(=O)CCC(NC(=O)C(N)Cc1ccccc1)C(=O)NCC(=O)NC(CC(=O)O)C(=O)O. The molecule has 13 nitrogen and oxygen atoms in total. The highest BCUT2D eigenvalue weighted by atomic mass is 16.4. The molecule has 33 heavy (non-hydrogen) atoms. The number of carboxylic acid groups (broad SMARTS) is 2. The molecular formula is C20H27N5O8. The van der Waals surface area contributed by atoms with Gasteiger partial charge >= 0.3 is 11.9 Å². The Morgan fingerprint density at radius 1 is 0.909 bits per heavy atom. The maximum absolute atomic E-state index is 12.5. The molecule has 0 heterocycles. The van der Waals surface area contributed by atoms with E-state index in [0.717, 1.165) is 5.56 Å². The van der Waals surface area contributed by atoms with Gasteiger partial charge in [0.25, 0.3) is 0 Å². The van der Waals surface area contributed by atoms with E-state index in [1.54, 1.807) is 30.3 Å². The van der Waals surface area contributed by atoms with Gasteiger partial charge in [0.2, 0.25) is 23.6 Å². The van der Waals surface area contributed by atoms with E-state index in [-0.39, 0.29) is 19.3 Å². The lowest BCUT2D eigenvalue weighted by Crippen LogP contribution is -2.54. The molecule has 13 heteroatoms. The van der Waals surface area contributed by atoms with Crippen molar-refractivity contribution in [3.05, 3.63) is 35.9 Å². The third-order valence-corrected chi connectivity index (χ3v) is 4.38. The van der Waals surface area contributed by atoms with Crippen LogP contribution in [0.2, 0.25) is 0 Å². The molecule has 0 aliphatic heterocycles. The molecule has 4 amide bonds. The number of carbonyl (C=O) groups excluding carboxylic acids is 4. The Bertz CT molecular complexity index is 876. The van der Waals surface area contributed by atoms with E-state index in [1.165, 1.54) is 0 Å². The molecule has 0 saturated heterocycles. The number of rotatable bonds is 14. The van der Waals surface area contributed by atoms with Crippen LogP contribution in [0.1, 0.15) is 24.8 Å². The van der Waals surface area contributed by atoms with E-state index >= 15 is 0 Å². The van der Waals surface area contributed by atoms with Crippen LogP contribution in [0.4, 0.5) is 0 Å². The van der Waals surface area contributed by atoms with Crippen LogP contribution in [0, 0.1) is 0 Å². The Morgan fingerprint density at radius 2 is 1.55 bits per heavy atom. The van der Waals surface area contributed by atoms with Crippen LogP contribution in [0.5, 0.6) is 0 Å². The molecule has 0 aromatic heterocycles. The second kappa shape index (κ2) is 13.4. The Kier molecular flexibility index (Phi) is 11.0. The number of nitrogens with one attached hydrogen (secondary N) is 3. The highest BCUT2D eigenvalue weighted by Gasteiger charge is 2.26. The first-order valence-corrected chi connectivity index (χ1v) is 9.89. The topological polar surface area (TPSA) is 231 Å². The molecule has 180 valence electrons. The van der Waals surface area contributed by atoms with Gasteiger partial charge in [-0.15, -0.1) is 0 Å². The van der Waals surface area contributed by atoms with Crippen molar-refractivity contribution in [2.75, 3.05) is 6.54 Å². The van der Waals surface area contributed by atoms with E-state index in [0.29, 0.717) is 0 Å². The minimum absolute atomic E-state index is 0.163. The number of carboxylic acids is 2. The Labute approximate surface area is 188 Å². The van der Waals surface area contributed by atoms with Crippen LogP contribution >= 0.6 is 0 Å². The number of carbonyl (C=O) groups is 6. The molecule has 0 bridgehead atoms. The Hall–Kier alpha value is -4.00. The fraction of sp³-hybridized carbons (Fsp3) is 0.400. The molecule has 1 aromatic rings. The summed E-state index contributed by atoms with van der Waals surface area (Å²) in [5, 5.41) is 24.2. The Morgan fingerprint density at radius 3 is 2.09 bits per heavy atom. The van der Waals surface area contributed by atoms with Gasteiger partial charge in [-0.2, -0.15) is 0 Å². The lowest BCUT2D eigenvalue weighted by molar-refractivity contribution is -0.147. The molecule has 0 aliphatic rings. The molecule has 0 spiro atoms. The summed E-state index contributed by atoms with van der Waals surface area (Å²) < 4.78 is 0. The van der Waals surface area contributed by atoms with Crippen molar-refractivity contribution in [3.8, 4) is 0 Å². The average molecular weight is 465 g/mol. The molecule has 9 N–H and O–H groups in total. The molecule has 0 fully saturated rings. The third kappa shape index (κ3) is 10.7. The maximum atomic E-state index is 12.5. The van der Waals surface area contributed by atoms with Crippen LogP contribution in [-0.4, -0.2) is 70.5 Å². The predicted octanol–water partition coefficient (Wildman–Crippen LogP) is -2.53. The van der Waals surface area contributed by atoms with Gasteiger partial charge in [0, 0.05) is 6.42 Å². The number of benzene rings is 1. The molecule has 0 aliphatic carbocycles. The fourth-order valence-corrected chi connectivity index (χ4v) is 2.71. The number of aliphatic carboxylic acids is 2. The summed E-state index contributed by atoms with van der Waals surface area (Å²) in [5.41, 5.74) is 11.8. The lowest BCUT2D eigenvalue weighted by Gasteiger charge is -2.20. The maximum Gasteiger partial charge on any atom is 0.326 e. The van der Waals surface area contributed by atoms with Gasteiger partial charge in [0.15, 0.2) is 0 Å². The van der Waals surface area contributed by atoms with Crippen molar-refractivity contribution in [1.29, 1.82) is 0 Å². The zero-order valence-electron chi connectivity index (χ0n) is 17.7. The zero-order chi connectivity index (χ0) is 25.0. The summed E-state index contributed by atoms with van der Waals surface area (Å²) in [4.78, 5) is 69.6. The van der Waals surface area contributed by atoms with E-state index in [2.05, 4.69) is 10.6 Å². The summed E-state index contributed by atoms with van der Waals surface area (Å²) in [6.45, 7) is -0.693. The molecular weight excluding hydrogens is 438 g/mol. The van der Waals surface area contributed by atoms with Gasteiger partial charge in [-0.25, -0.2) is 4.79 Å². The van der Waals surface area contributed by atoms with Gasteiger partial charge in [-0.3, -0.25) is 24.0 Å². The van der Waals surface area contributed by atoms with Gasteiger partial charge < -0.3 is 37.6 Å². The summed E-state index contributed by atoms with van der Waals surface area (Å²) in [6, 6.07) is 4.98. The lowest BCUT2D eigenvalue weighted by atomic mass is 10.0. The first-order chi connectivity index (χ1) is 15.5. The first-order valence-electron chi connectivity index (χ1n) is 9.89.